The van der Waals surface area contributed by atoms with Crippen LogP contribution in [-0.4, -0.2) is 33.7 Å². The van der Waals surface area contributed by atoms with E-state index < -0.39 is 17.5 Å². The molecular weight excluding hydrogens is 290 g/mol. The molecule has 0 radical (unpaired) electrons. The fourth-order valence-corrected chi connectivity index (χ4v) is 1.34. The van der Waals surface area contributed by atoms with E-state index >= 15 is 0 Å². The molecule has 0 aromatic heterocycles. The van der Waals surface area contributed by atoms with Gasteiger partial charge in [-0.15, -0.1) is 0 Å². The van der Waals surface area contributed by atoms with Gasteiger partial charge in [0.1, 0.15) is 5.60 Å². The van der Waals surface area contributed by atoms with Crippen LogP contribution in [0.15, 0.2) is 24.3 Å². The highest BCUT2D eigenvalue weighted by molar-refractivity contribution is 6.27. The topological polar surface area (TPSA) is 127 Å². The summed E-state index contributed by atoms with van der Waals surface area (Å²) in [6.45, 7) is 6.11. The molecule has 22 heavy (non-hydrogen) atoms. The number of benzene rings is 1. The van der Waals surface area contributed by atoms with Gasteiger partial charge in [0.25, 0.3) is 0 Å². The van der Waals surface area contributed by atoms with Gasteiger partial charge >= 0.3 is 17.9 Å². The predicted molar refractivity (Wildman–Crippen MR) is 79.2 cm³/mol. The zero-order valence-electron chi connectivity index (χ0n) is 12.8. The fraction of sp³-hybridized carbons (Fsp3) is 0.400. The first kappa shape index (κ1) is 19.6. The Hall–Kier alpha value is -2.41. The van der Waals surface area contributed by atoms with Gasteiger partial charge < -0.3 is 20.7 Å². The van der Waals surface area contributed by atoms with Gasteiger partial charge in [-0.25, -0.2) is 9.59 Å². The number of nitrogens with two attached hydrogens (primary N) is 1. The van der Waals surface area contributed by atoms with Crippen molar-refractivity contribution in [1.82, 2.24) is 0 Å². The van der Waals surface area contributed by atoms with Crippen LogP contribution in [0.4, 0.5) is 0 Å². The first-order chi connectivity index (χ1) is 10.0. The number of aliphatic carboxylic acids is 2. The molecule has 0 atom stereocenters. The maximum atomic E-state index is 11.5. The van der Waals surface area contributed by atoms with E-state index in [-0.39, 0.29) is 5.97 Å². The van der Waals surface area contributed by atoms with Crippen molar-refractivity contribution in [3.63, 3.8) is 0 Å². The summed E-state index contributed by atoms with van der Waals surface area (Å²) < 4.78 is 5.23. The number of carboxylic acid groups (broad SMARTS) is 2. The van der Waals surface area contributed by atoms with Crippen LogP contribution in [-0.2, 0) is 32.1 Å². The molecule has 0 fully saturated rings. The van der Waals surface area contributed by atoms with Crippen LogP contribution < -0.4 is 5.73 Å². The number of carboxylic acids is 2. The van der Waals surface area contributed by atoms with Gasteiger partial charge in [0, 0.05) is 6.54 Å². The second-order valence-corrected chi connectivity index (χ2v) is 5.39. The molecule has 0 bridgehead atoms. The summed E-state index contributed by atoms with van der Waals surface area (Å²) in [4.78, 5) is 29.7. The minimum Gasteiger partial charge on any atom is -0.473 e. The van der Waals surface area contributed by atoms with Crippen LogP contribution in [0.2, 0.25) is 0 Å². The molecule has 1 rings (SSSR count). The summed E-state index contributed by atoms with van der Waals surface area (Å²) in [6, 6.07) is 7.68. The molecule has 1 aromatic carbocycles. The molecule has 0 saturated heterocycles. The molecule has 0 unspecified atom stereocenters. The largest absolute Gasteiger partial charge is 0.473 e. The lowest BCUT2D eigenvalue weighted by atomic mass is 10.1. The molecule has 4 N–H and O–H groups in total. The smallest absolute Gasteiger partial charge is 0.414 e. The maximum absolute atomic E-state index is 11.5. The molecule has 0 saturated carbocycles. The molecule has 0 aliphatic rings. The lowest BCUT2D eigenvalue weighted by Crippen LogP contribution is -2.24. The molecule has 0 heterocycles. The van der Waals surface area contributed by atoms with E-state index in [1.54, 1.807) is 0 Å². The van der Waals surface area contributed by atoms with Crippen molar-refractivity contribution in [2.45, 2.75) is 39.3 Å². The van der Waals surface area contributed by atoms with Crippen molar-refractivity contribution >= 4 is 17.9 Å². The second-order valence-electron chi connectivity index (χ2n) is 5.39. The molecule has 0 aliphatic heterocycles. The van der Waals surface area contributed by atoms with Crippen molar-refractivity contribution in [3.05, 3.63) is 35.4 Å². The third kappa shape index (κ3) is 9.49. The van der Waals surface area contributed by atoms with E-state index in [1.165, 1.54) is 0 Å². The Labute approximate surface area is 128 Å². The average molecular weight is 311 g/mol. The summed E-state index contributed by atoms with van der Waals surface area (Å²) >= 11 is 0. The SMILES string of the molecule is CC(C)(C)OC(=O)Cc1ccc(CN)cc1.O=C(O)C(=O)O. The number of carbonyl (C=O) groups excluding carboxylic acids is 1. The number of esters is 1. The van der Waals surface area contributed by atoms with E-state index in [2.05, 4.69) is 0 Å². The van der Waals surface area contributed by atoms with Crippen LogP contribution in [0, 0.1) is 0 Å². The van der Waals surface area contributed by atoms with E-state index in [0.717, 1.165) is 11.1 Å². The maximum Gasteiger partial charge on any atom is 0.414 e. The summed E-state index contributed by atoms with van der Waals surface area (Å²) in [5, 5.41) is 14.8. The number of hydrogen-bond acceptors (Lipinski definition) is 5. The van der Waals surface area contributed by atoms with Crippen molar-refractivity contribution in [1.29, 1.82) is 0 Å². The molecule has 7 heteroatoms. The van der Waals surface area contributed by atoms with Crippen LogP contribution >= 0.6 is 0 Å². The van der Waals surface area contributed by atoms with E-state index in [9.17, 15) is 4.79 Å². The van der Waals surface area contributed by atoms with Crippen molar-refractivity contribution < 1.29 is 29.3 Å². The highest BCUT2D eigenvalue weighted by Crippen LogP contribution is 2.10. The van der Waals surface area contributed by atoms with E-state index in [0.29, 0.717) is 13.0 Å². The van der Waals surface area contributed by atoms with Gasteiger partial charge in [-0.05, 0) is 31.9 Å². The Morgan fingerprint density at radius 1 is 1.00 bits per heavy atom. The normalized spacial score (nSPS) is 10.2. The Kier molecular flexibility index (Phi) is 7.82. The predicted octanol–water partition coefficient (Wildman–Crippen LogP) is 1.19. The molecular formula is C15H21NO6. The summed E-state index contributed by atoms with van der Waals surface area (Å²) in [5.74, 6) is -3.85. The van der Waals surface area contributed by atoms with Gasteiger partial charge in [0.2, 0.25) is 0 Å². The Morgan fingerprint density at radius 3 is 1.73 bits per heavy atom. The zero-order valence-corrected chi connectivity index (χ0v) is 12.8. The summed E-state index contributed by atoms with van der Waals surface area (Å²) in [5.41, 5.74) is 7.08. The van der Waals surface area contributed by atoms with Gasteiger partial charge in [0.15, 0.2) is 0 Å². The van der Waals surface area contributed by atoms with Gasteiger partial charge in [-0.1, -0.05) is 24.3 Å². The number of rotatable bonds is 3. The first-order valence-corrected chi connectivity index (χ1v) is 6.51. The Balaban J connectivity index is 0.000000626. The average Bonchev–Trinajstić information content (AvgIpc) is 2.38. The third-order valence-electron chi connectivity index (χ3n) is 2.21. The number of ether oxygens (including phenoxy) is 1. The molecule has 0 spiro atoms. The molecule has 1 aromatic rings. The lowest BCUT2D eigenvalue weighted by molar-refractivity contribution is -0.159. The zero-order chi connectivity index (χ0) is 17.3. The number of carbonyl (C=O) groups is 3. The van der Waals surface area contributed by atoms with Crippen molar-refractivity contribution in [2.75, 3.05) is 0 Å². The summed E-state index contributed by atoms with van der Waals surface area (Å²) in [6.07, 6.45) is 0.308. The Morgan fingerprint density at radius 2 is 1.41 bits per heavy atom. The first-order valence-electron chi connectivity index (χ1n) is 6.51. The van der Waals surface area contributed by atoms with E-state index in [1.807, 2.05) is 45.0 Å². The quantitative estimate of drug-likeness (QED) is 0.565. The summed E-state index contributed by atoms with van der Waals surface area (Å²) in [7, 11) is 0. The highest BCUT2D eigenvalue weighted by Gasteiger charge is 2.16. The molecule has 0 amide bonds. The highest BCUT2D eigenvalue weighted by atomic mass is 16.6. The fourth-order valence-electron chi connectivity index (χ4n) is 1.34. The molecule has 122 valence electrons. The van der Waals surface area contributed by atoms with Crippen LogP contribution in [0.5, 0.6) is 0 Å². The minimum absolute atomic E-state index is 0.201. The lowest BCUT2D eigenvalue weighted by Gasteiger charge is -2.19. The van der Waals surface area contributed by atoms with Crippen LogP contribution in [0.3, 0.4) is 0 Å². The van der Waals surface area contributed by atoms with Crippen LogP contribution in [0.25, 0.3) is 0 Å². The van der Waals surface area contributed by atoms with E-state index in [4.69, 9.17) is 30.3 Å². The van der Waals surface area contributed by atoms with Gasteiger partial charge in [-0.2, -0.15) is 0 Å². The minimum atomic E-state index is -1.82. The second kappa shape index (κ2) is 8.78. The third-order valence-corrected chi connectivity index (χ3v) is 2.21. The molecule has 7 nitrogen and oxygen atoms in total. The van der Waals surface area contributed by atoms with Crippen molar-refractivity contribution in [3.8, 4) is 0 Å². The van der Waals surface area contributed by atoms with Crippen LogP contribution in [0.1, 0.15) is 31.9 Å². The van der Waals surface area contributed by atoms with Gasteiger partial charge in [-0.3, -0.25) is 4.79 Å². The van der Waals surface area contributed by atoms with Crippen molar-refractivity contribution in [2.24, 2.45) is 5.73 Å². The molecule has 0 aliphatic carbocycles. The Bertz CT molecular complexity index is 504. The monoisotopic (exact) mass is 311 g/mol. The standard InChI is InChI=1S/C13H19NO2.C2H2O4/c1-13(2,3)16-12(15)8-10-4-6-11(9-14)7-5-10;3-1(4)2(5)6/h4-7H,8-9,14H2,1-3H3;(H,3,4)(H,5,6). The van der Waals surface area contributed by atoms with Gasteiger partial charge in [0.05, 0.1) is 6.42 Å². The number of hydrogen-bond donors (Lipinski definition) is 3.